The molecule has 2 N–H and O–H groups in total. The van der Waals surface area contributed by atoms with E-state index >= 15 is 13.6 Å². The number of H-pyrrole nitrogens is 1. The molecule has 3 fully saturated rings. The van der Waals surface area contributed by atoms with Crippen LogP contribution in [0.15, 0.2) is 71.6 Å². The van der Waals surface area contributed by atoms with E-state index in [1.807, 2.05) is 79.6 Å². The summed E-state index contributed by atoms with van der Waals surface area (Å²) in [5.41, 5.74) is -0.934. The molecule has 5 unspecified atom stereocenters. The van der Waals surface area contributed by atoms with Gasteiger partial charge in [-0.15, -0.1) is 11.8 Å². The average molecular weight is 974 g/mol. The summed E-state index contributed by atoms with van der Waals surface area (Å²) in [7, 11) is 5.94. The fourth-order valence-corrected chi connectivity index (χ4v) is 15.3. The molecule has 0 radical (unpaired) electrons. The normalized spacial score (nSPS) is 32.6. The number of esters is 3. The highest BCUT2D eigenvalue weighted by Gasteiger charge is 2.80. The maximum Gasteiger partial charge on any atom is 0.344 e. The number of likely N-dealkylation sites (N-methyl/N-ethyl adjacent to an activating group) is 1. The van der Waals surface area contributed by atoms with E-state index in [1.165, 1.54) is 28.3 Å². The minimum absolute atomic E-state index is 0.121. The summed E-state index contributed by atoms with van der Waals surface area (Å²) < 4.78 is 55.2. The fourth-order valence-electron chi connectivity index (χ4n) is 14.1. The Bertz CT molecular complexity index is 2750. The van der Waals surface area contributed by atoms with Crippen molar-refractivity contribution in [3.05, 3.63) is 99.7 Å². The van der Waals surface area contributed by atoms with Gasteiger partial charge < -0.3 is 33.9 Å². The first kappa shape index (κ1) is 47.0. The number of aromatic nitrogens is 1. The molecule has 16 heteroatoms. The van der Waals surface area contributed by atoms with E-state index in [9.17, 15) is 14.7 Å². The predicted octanol–water partition coefficient (Wildman–Crippen LogP) is 8.02. The zero-order valence-corrected chi connectivity index (χ0v) is 41.1. The van der Waals surface area contributed by atoms with Crippen molar-refractivity contribution in [2.45, 2.75) is 104 Å². The number of anilines is 1. The molecule has 1 saturated carbocycles. The fraction of sp³-hybridized carbons (Fsp3) is 0.519. The Morgan fingerprint density at radius 2 is 1.78 bits per heavy atom. The van der Waals surface area contributed by atoms with Gasteiger partial charge in [-0.1, -0.05) is 48.9 Å². The minimum atomic E-state index is -2.98. The highest BCUT2D eigenvalue weighted by Crippen LogP contribution is 2.68. The molecule has 5 aliphatic heterocycles. The molecule has 6 heterocycles. The van der Waals surface area contributed by atoms with Gasteiger partial charge in [-0.2, -0.15) is 0 Å². The van der Waals surface area contributed by atoms with E-state index in [-0.39, 0.29) is 31.3 Å². The number of aliphatic hydroxyl groups is 1. The number of nitrogens with one attached hydrogen (secondary N) is 1. The van der Waals surface area contributed by atoms with Gasteiger partial charge in [-0.05, 0) is 92.1 Å². The largest absolute Gasteiger partial charge is 0.496 e. The number of hydrogen-bond donors (Lipinski definition) is 2. The van der Waals surface area contributed by atoms with Crippen LogP contribution in [-0.4, -0.2) is 122 Å². The van der Waals surface area contributed by atoms with Gasteiger partial charge in [-0.3, -0.25) is 19.4 Å². The number of carbonyl (C=O) groups excluding carboxylic acids is 3. The third-order valence-corrected chi connectivity index (χ3v) is 18.1. The lowest BCUT2D eigenvalue weighted by Crippen LogP contribution is -2.81. The SMILES string of the molecule is CC[C@]12C=CCN3CC[C@@]4(c5cc([C@@]6(C(=O)OC)CC7CC(C(C)(F)F)CN(Cc8c6[nH]c6ccc(SCc9ccccc9Cl)cc86)C7)c(OC)cc5N(C)C4[C@@](O)(C(=O)OC)[C@@H]1OC(C)=O)C32. The van der Waals surface area contributed by atoms with Crippen molar-refractivity contribution >= 4 is 57.9 Å². The Labute approximate surface area is 404 Å². The number of rotatable bonds is 10. The summed E-state index contributed by atoms with van der Waals surface area (Å²) in [5.74, 6) is -5.48. The zero-order valence-electron chi connectivity index (χ0n) is 39.5. The number of hydrogen-bond acceptors (Lipinski definition) is 12. The molecule has 10 rings (SSSR count). The number of carbonyl (C=O) groups is 3. The molecule has 0 amide bonds. The van der Waals surface area contributed by atoms with Gasteiger partial charge >= 0.3 is 17.9 Å². The third-order valence-electron chi connectivity index (χ3n) is 16.7. The minimum Gasteiger partial charge on any atom is -0.496 e. The van der Waals surface area contributed by atoms with Crippen LogP contribution in [0.3, 0.4) is 0 Å². The first-order valence-electron chi connectivity index (χ1n) is 23.5. The van der Waals surface area contributed by atoms with Gasteiger partial charge in [-0.25, -0.2) is 13.6 Å². The van der Waals surface area contributed by atoms with Crippen molar-refractivity contribution in [1.82, 2.24) is 14.8 Å². The van der Waals surface area contributed by atoms with Crippen LogP contribution in [0.4, 0.5) is 14.5 Å². The lowest BCUT2D eigenvalue weighted by Gasteiger charge is -2.63. The number of piperidine rings is 1. The molecule has 2 bridgehead atoms. The van der Waals surface area contributed by atoms with Crippen molar-refractivity contribution in [2.24, 2.45) is 17.3 Å². The monoisotopic (exact) mass is 972 g/mol. The van der Waals surface area contributed by atoms with Crippen molar-refractivity contribution in [1.29, 1.82) is 0 Å². The van der Waals surface area contributed by atoms with E-state index < -0.39 is 63.7 Å². The first-order valence-corrected chi connectivity index (χ1v) is 24.8. The van der Waals surface area contributed by atoms with Crippen molar-refractivity contribution in [2.75, 3.05) is 59.5 Å². The number of alkyl halides is 2. The molecule has 1 aliphatic carbocycles. The Morgan fingerprint density at radius 3 is 2.47 bits per heavy atom. The quantitative estimate of drug-likeness (QED) is 0.0690. The molecular weight excluding hydrogens is 914 g/mol. The van der Waals surface area contributed by atoms with Crippen molar-refractivity contribution in [3.63, 3.8) is 0 Å². The molecule has 362 valence electrons. The molecule has 1 spiro atoms. The van der Waals surface area contributed by atoms with Crippen LogP contribution in [0.1, 0.15) is 74.4 Å². The van der Waals surface area contributed by atoms with Crippen LogP contribution in [-0.2, 0) is 51.7 Å². The topological polar surface area (TPSA) is 134 Å². The molecular formula is C52H59ClF2N4O8S. The van der Waals surface area contributed by atoms with Crippen LogP contribution < -0.4 is 9.64 Å². The number of aromatic amines is 1. The highest BCUT2D eigenvalue weighted by atomic mass is 35.5. The van der Waals surface area contributed by atoms with Crippen LogP contribution in [0.5, 0.6) is 5.75 Å². The Kier molecular flexibility index (Phi) is 11.6. The van der Waals surface area contributed by atoms with Crippen LogP contribution in [0.2, 0.25) is 5.02 Å². The second-order valence-electron chi connectivity index (χ2n) is 20.1. The smallest absolute Gasteiger partial charge is 0.344 e. The number of thioether (sulfide) groups is 1. The molecule has 6 aliphatic rings. The van der Waals surface area contributed by atoms with Gasteiger partial charge in [0.1, 0.15) is 11.2 Å². The second kappa shape index (κ2) is 16.7. The van der Waals surface area contributed by atoms with Crippen molar-refractivity contribution in [3.8, 4) is 5.75 Å². The van der Waals surface area contributed by atoms with E-state index in [2.05, 4.69) is 20.9 Å². The lowest BCUT2D eigenvalue weighted by molar-refractivity contribution is -0.228. The summed E-state index contributed by atoms with van der Waals surface area (Å²) in [6, 6.07) is 16.4. The highest BCUT2D eigenvalue weighted by molar-refractivity contribution is 7.98. The Hall–Kier alpha value is -4.67. The number of ether oxygens (including phenoxy) is 4. The maximum atomic E-state index is 15.6. The molecule has 4 aromatic rings. The number of methoxy groups -OCH3 is 3. The predicted molar refractivity (Wildman–Crippen MR) is 255 cm³/mol. The van der Waals surface area contributed by atoms with Gasteiger partial charge in [0.2, 0.25) is 11.5 Å². The summed E-state index contributed by atoms with van der Waals surface area (Å²) >= 11 is 8.20. The average Bonchev–Trinajstić information content (AvgIpc) is 3.96. The Balaban J connectivity index is 1.23. The first-order chi connectivity index (χ1) is 32.4. The third kappa shape index (κ3) is 6.64. The standard InChI is InChI=1S/C52H59ClF2N4O8S/c1-8-49-16-11-18-59-19-17-50(43(49)59)36-22-37(41(64-5)23-40(36)57(4)44(50)52(63,47(62)66-7)45(49)67-29(2)60)51(46(61)65-6)24-30-20-32(48(3,54)55)26-58(25-30)27-35-34-21-33(14-15-39(34)56-42(35)51)68-28-31-12-9-10-13-38(31)53/h9-16,21-23,30,32,43-45,56,63H,8,17-20,24-28H2,1-7H3/t30?,32?,43?,44?,45-,49-,50-,51+,52+/m1/s1. The summed E-state index contributed by atoms with van der Waals surface area (Å²) in [4.78, 5) is 54.1. The molecule has 1 aromatic heterocycles. The van der Waals surface area contributed by atoms with Crippen LogP contribution >= 0.6 is 23.4 Å². The Morgan fingerprint density at radius 1 is 1.01 bits per heavy atom. The summed E-state index contributed by atoms with van der Waals surface area (Å²) in [6.45, 7) is 6.41. The second-order valence-corrected chi connectivity index (χ2v) is 21.5. The van der Waals surface area contributed by atoms with Gasteiger partial charge in [0.05, 0.1) is 27.4 Å². The maximum absolute atomic E-state index is 15.6. The molecule has 68 heavy (non-hydrogen) atoms. The van der Waals surface area contributed by atoms with E-state index in [0.717, 1.165) is 39.4 Å². The van der Waals surface area contributed by atoms with Crippen LogP contribution in [0.25, 0.3) is 10.9 Å². The van der Waals surface area contributed by atoms with E-state index in [0.29, 0.717) is 72.5 Å². The number of halogens is 3. The van der Waals surface area contributed by atoms with E-state index in [1.54, 1.807) is 11.8 Å². The van der Waals surface area contributed by atoms with E-state index in [4.69, 9.17) is 30.5 Å². The summed E-state index contributed by atoms with van der Waals surface area (Å²) in [5, 5.41) is 14.9. The van der Waals surface area contributed by atoms with Gasteiger partial charge in [0, 0.05) is 113 Å². The van der Waals surface area contributed by atoms with Gasteiger partial charge in [0.15, 0.2) is 6.10 Å². The van der Waals surface area contributed by atoms with Gasteiger partial charge in [0.25, 0.3) is 0 Å². The lowest BCUT2D eigenvalue weighted by atomic mass is 9.47. The zero-order chi connectivity index (χ0) is 48.3. The molecule has 2 saturated heterocycles. The van der Waals surface area contributed by atoms with Crippen LogP contribution in [0, 0.1) is 17.3 Å². The number of benzene rings is 3. The molecule has 3 aromatic carbocycles. The molecule has 10 atom stereocenters. The number of fused-ring (bicyclic) bond motifs is 6. The molecule has 12 nitrogen and oxygen atoms in total. The number of nitrogens with zero attached hydrogens (tertiary/aromatic N) is 3. The summed E-state index contributed by atoms with van der Waals surface area (Å²) in [6.07, 6.45) is 3.92. The van der Waals surface area contributed by atoms with Crippen molar-refractivity contribution < 1.29 is 47.2 Å².